The lowest BCUT2D eigenvalue weighted by Gasteiger charge is -2.60. The molecular weight excluding hydrogens is 348 g/mol. The molecule has 0 aromatic rings. The molecule has 3 heteroatoms. The summed E-state index contributed by atoms with van der Waals surface area (Å²) in [6, 6.07) is 0. The van der Waals surface area contributed by atoms with E-state index in [1.807, 2.05) is 0 Å². The number of carbonyl (C=O) groups excluding carboxylic acids is 1. The minimum absolute atomic E-state index is 0.219. The molecule has 4 saturated carbocycles. The highest BCUT2D eigenvalue weighted by Crippen LogP contribution is 2.65. The molecule has 8 atom stereocenters. The van der Waals surface area contributed by atoms with Gasteiger partial charge in [-0.05, 0) is 86.4 Å². The van der Waals surface area contributed by atoms with Crippen LogP contribution in [-0.2, 0) is 14.3 Å². The summed E-state index contributed by atoms with van der Waals surface area (Å²) in [6.07, 6.45) is 12.1. The second-order valence-corrected chi connectivity index (χ2v) is 10.9. The Balaban J connectivity index is 1.52. The van der Waals surface area contributed by atoms with Gasteiger partial charge in [-0.15, -0.1) is 0 Å². The standard InChI is InChI=1S/C25H42O3/c1-5-13-27-18-9-11-24(3)17(15-18)16-21(26)23-19-7-8-22(28-14-6-2)25(19,4)12-10-20(23)24/h17-20,22-23H,5-16H2,1-4H3/t17-,18-,19+,20-,22+,23-,24+,25+/m1/s1. The van der Waals surface area contributed by atoms with Crippen molar-refractivity contribution in [3.63, 3.8) is 0 Å². The van der Waals surface area contributed by atoms with Gasteiger partial charge in [0.1, 0.15) is 5.78 Å². The zero-order valence-electron chi connectivity index (χ0n) is 18.7. The number of Topliss-reactive ketones (excluding diaryl/α,β-unsaturated/α-hetero) is 1. The molecular formula is C25H42O3. The minimum atomic E-state index is 0.219. The van der Waals surface area contributed by atoms with Crippen LogP contribution in [0, 0.1) is 34.5 Å². The van der Waals surface area contributed by atoms with Crippen molar-refractivity contribution in [3.8, 4) is 0 Å². The van der Waals surface area contributed by atoms with Crippen LogP contribution in [0.25, 0.3) is 0 Å². The third kappa shape index (κ3) is 3.29. The van der Waals surface area contributed by atoms with E-state index in [0.29, 0.717) is 47.1 Å². The zero-order chi connectivity index (χ0) is 19.9. The maximum atomic E-state index is 13.5. The largest absolute Gasteiger partial charge is 0.378 e. The van der Waals surface area contributed by atoms with Crippen molar-refractivity contribution in [1.82, 2.24) is 0 Å². The van der Waals surface area contributed by atoms with Crippen molar-refractivity contribution in [2.45, 2.75) is 104 Å². The molecule has 0 radical (unpaired) electrons. The Morgan fingerprint density at radius 2 is 1.57 bits per heavy atom. The summed E-state index contributed by atoms with van der Waals surface area (Å²) in [5, 5.41) is 0. The Hall–Kier alpha value is -0.410. The lowest BCUT2D eigenvalue weighted by atomic mass is 9.45. The number of ether oxygens (including phenoxy) is 2. The third-order valence-electron chi connectivity index (χ3n) is 9.42. The van der Waals surface area contributed by atoms with Gasteiger partial charge in [0.2, 0.25) is 0 Å². The lowest BCUT2D eigenvalue weighted by molar-refractivity contribution is -0.166. The molecule has 4 aliphatic carbocycles. The first-order valence-corrected chi connectivity index (χ1v) is 12.2. The fourth-order valence-corrected chi connectivity index (χ4v) is 7.81. The van der Waals surface area contributed by atoms with E-state index in [1.54, 1.807) is 0 Å². The molecule has 4 aliphatic rings. The first kappa shape index (κ1) is 20.8. The van der Waals surface area contributed by atoms with Crippen LogP contribution in [0.5, 0.6) is 0 Å². The van der Waals surface area contributed by atoms with Gasteiger partial charge in [-0.3, -0.25) is 4.79 Å². The van der Waals surface area contributed by atoms with Gasteiger partial charge in [0.15, 0.2) is 0 Å². The van der Waals surface area contributed by atoms with Gasteiger partial charge in [0.05, 0.1) is 12.2 Å². The molecule has 0 heterocycles. The molecule has 0 aromatic heterocycles. The summed E-state index contributed by atoms with van der Waals surface area (Å²) in [5.41, 5.74) is 0.560. The van der Waals surface area contributed by atoms with E-state index < -0.39 is 0 Å². The van der Waals surface area contributed by atoms with Gasteiger partial charge in [0.25, 0.3) is 0 Å². The molecule has 0 N–H and O–H groups in total. The Kier molecular flexibility index (Phi) is 5.97. The number of hydrogen-bond donors (Lipinski definition) is 0. The van der Waals surface area contributed by atoms with Crippen LogP contribution in [0.4, 0.5) is 0 Å². The second-order valence-electron chi connectivity index (χ2n) is 10.9. The number of fused-ring (bicyclic) bond motifs is 5. The molecule has 4 fully saturated rings. The predicted molar refractivity (Wildman–Crippen MR) is 112 cm³/mol. The van der Waals surface area contributed by atoms with Gasteiger partial charge in [-0.2, -0.15) is 0 Å². The summed E-state index contributed by atoms with van der Waals surface area (Å²) in [7, 11) is 0. The fraction of sp³-hybridized carbons (Fsp3) is 0.960. The lowest BCUT2D eigenvalue weighted by Crippen LogP contribution is -2.57. The first-order chi connectivity index (χ1) is 13.4. The SMILES string of the molecule is CCCO[C@@H]1CC[C@@]2(C)[C@@H](CC(=O)[C@H]3[C@H]2CC[C@]2(C)[C@@H](OCCC)CC[C@@H]32)C1. The fourth-order valence-electron chi connectivity index (χ4n) is 7.81. The Morgan fingerprint density at radius 1 is 0.893 bits per heavy atom. The topological polar surface area (TPSA) is 35.5 Å². The normalized spacial score (nSPS) is 48.1. The van der Waals surface area contributed by atoms with Crippen molar-refractivity contribution in [2.75, 3.05) is 13.2 Å². The molecule has 0 aliphatic heterocycles. The van der Waals surface area contributed by atoms with Gasteiger partial charge in [-0.1, -0.05) is 27.7 Å². The van der Waals surface area contributed by atoms with Crippen LogP contribution in [0.3, 0.4) is 0 Å². The van der Waals surface area contributed by atoms with E-state index in [-0.39, 0.29) is 5.41 Å². The van der Waals surface area contributed by atoms with E-state index in [1.165, 1.54) is 32.1 Å². The summed E-state index contributed by atoms with van der Waals surface area (Å²) in [5.74, 6) is 2.55. The van der Waals surface area contributed by atoms with Gasteiger partial charge >= 0.3 is 0 Å². The highest BCUT2D eigenvalue weighted by Gasteiger charge is 2.63. The predicted octanol–water partition coefficient (Wildman–Crippen LogP) is 5.80. The highest BCUT2D eigenvalue weighted by atomic mass is 16.5. The molecule has 0 spiro atoms. The monoisotopic (exact) mass is 390 g/mol. The summed E-state index contributed by atoms with van der Waals surface area (Å²) < 4.78 is 12.4. The van der Waals surface area contributed by atoms with Crippen LogP contribution in [0.1, 0.15) is 91.9 Å². The molecule has 0 unspecified atom stereocenters. The molecule has 0 bridgehead atoms. The first-order valence-electron chi connectivity index (χ1n) is 12.2. The van der Waals surface area contributed by atoms with E-state index in [4.69, 9.17) is 9.47 Å². The average Bonchev–Trinajstić information content (AvgIpc) is 3.01. The van der Waals surface area contributed by atoms with Crippen molar-refractivity contribution < 1.29 is 14.3 Å². The van der Waals surface area contributed by atoms with Crippen LogP contribution >= 0.6 is 0 Å². The smallest absolute Gasteiger partial charge is 0.136 e. The van der Waals surface area contributed by atoms with Crippen LogP contribution < -0.4 is 0 Å². The summed E-state index contributed by atoms with van der Waals surface area (Å²) in [4.78, 5) is 13.5. The molecule has 0 saturated heterocycles. The maximum Gasteiger partial charge on any atom is 0.136 e. The van der Waals surface area contributed by atoms with Crippen molar-refractivity contribution in [2.24, 2.45) is 34.5 Å². The van der Waals surface area contributed by atoms with Gasteiger partial charge < -0.3 is 9.47 Å². The van der Waals surface area contributed by atoms with Gasteiger partial charge in [0, 0.05) is 25.6 Å². The van der Waals surface area contributed by atoms with Crippen molar-refractivity contribution in [3.05, 3.63) is 0 Å². The summed E-state index contributed by atoms with van der Waals surface area (Å²) in [6.45, 7) is 11.1. The number of rotatable bonds is 6. The molecule has 3 nitrogen and oxygen atoms in total. The number of carbonyl (C=O) groups is 1. The molecule has 0 amide bonds. The number of ketones is 1. The van der Waals surface area contributed by atoms with Crippen molar-refractivity contribution >= 4 is 5.78 Å². The van der Waals surface area contributed by atoms with Crippen LogP contribution in [0.15, 0.2) is 0 Å². The second kappa shape index (κ2) is 8.02. The van der Waals surface area contributed by atoms with Crippen molar-refractivity contribution in [1.29, 1.82) is 0 Å². The molecule has 160 valence electrons. The van der Waals surface area contributed by atoms with E-state index in [2.05, 4.69) is 27.7 Å². The van der Waals surface area contributed by atoms with Gasteiger partial charge in [-0.25, -0.2) is 0 Å². The van der Waals surface area contributed by atoms with E-state index in [9.17, 15) is 4.79 Å². The Labute approximate surface area is 172 Å². The average molecular weight is 391 g/mol. The van der Waals surface area contributed by atoms with Crippen LogP contribution in [-0.4, -0.2) is 31.2 Å². The zero-order valence-corrected chi connectivity index (χ0v) is 18.7. The third-order valence-corrected chi connectivity index (χ3v) is 9.42. The molecule has 4 rings (SSSR count). The van der Waals surface area contributed by atoms with Crippen LogP contribution in [0.2, 0.25) is 0 Å². The number of hydrogen-bond acceptors (Lipinski definition) is 3. The molecule has 0 aromatic carbocycles. The van der Waals surface area contributed by atoms with E-state index in [0.717, 1.165) is 45.3 Å². The molecule has 28 heavy (non-hydrogen) atoms. The quantitative estimate of drug-likeness (QED) is 0.575. The Bertz CT molecular complexity index is 574. The maximum absolute atomic E-state index is 13.5. The Morgan fingerprint density at radius 3 is 2.32 bits per heavy atom. The highest BCUT2D eigenvalue weighted by molar-refractivity contribution is 5.83. The summed E-state index contributed by atoms with van der Waals surface area (Å²) >= 11 is 0. The minimum Gasteiger partial charge on any atom is -0.378 e. The van der Waals surface area contributed by atoms with E-state index >= 15 is 0 Å².